The number of hydrogen-bond acceptors (Lipinski definition) is 3. The highest BCUT2D eigenvalue weighted by Gasteiger charge is 2.22. The first-order chi connectivity index (χ1) is 12.2. The van der Waals surface area contributed by atoms with Crippen molar-refractivity contribution in [3.05, 3.63) is 29.8 Å². The third-order valence-corrected chi connectivity index (χ3v) is 5.09. The van der Waals surface area contributed by atoms with E-state index in [1.54, 1.807) is 0 Å². The van der Waals surface area contributed by atoms with Crippen LogP contribution in [0.3, 0.4) is 0 Å². The van der Waals surface area contributed by atoms with Gasteiger partial charge in [0.15, 0.2) is 5.96 Å². The zero-order chi connectivity index (χ0) is 17.5. The van der Waals surface area contributed by atoms with Crippen molar-refractivity contribution in [2.24, 2.45) is 16.8 Å². The van der Waals surface area contributed by atoms with E-state index in [-0.39, 0.29) is 24.0 Å². The number of nitrogens with zero attached hydrogens (tertiary/aromatic N) is 2. The summed E-state index contributed by atoms with van der Waals surface area (Å²) in [6.07, 6.45) is 5.22. The maximum atomic E-state index is 5.99. The SMILES string of the molecule is CN=C(NCc1ccccc1OCC1CC1)NCC1CCCN(C)C1.I. The van der Waals surface area contributed by atoms with Crippen LogP contribution in [0.25, 0.3) is 0 Å². The summed E-state index contributed by atoms with van der Waals surface area (Å²) in [5, 5.41) is 6.91. The lowest BCUT2D eigenvalue weighted by Crippen LogP contribution is -2.43. The monoisotopic (exact) mass is 472 g/mol. The molecule has 1 unspecified atom stereocenters. The lowest BCUT2D eigenvalue weighted by Gasteiger charge is -2.30. The topological polar surface area (TPSA) is 48.9 Å². The van der Waals surface area contributed by atoms with Crippen LogP contribution >= 0.6 is 24.0 Å². The van der Waals surface area contributed by atoms with Crippen molar-refractivity contribution < 1.29 is 4.74 Å². The second-order valence-electron chi connectivity index (χ2n) is 7.44. The zero-order valence-electron chi connectivity index (χ0n) is 16.0. The van der Waals surface area contributed by atoms with Gasteiger partial charge < -0.3 is 20.3 Å². The van der Waals surface area contributed by atoms with E-state index in [0.717, 1.165) is 37.3 Å². The number of benzene rings is 1. The van der Waals surface area contributed by atoms with E-state index < -0.39 is 0 Å². The molecule has 2 fully saturated rings. The summed E-state index contributed by atoms with van der Waals surface area (Å²) in [4.78, 5) is 6.78. The number of ether oxygens (including phenoxy) is 1. The van der Waals surface area contributed by atoms with Crippen LogP contribution in [0, 0.1) is 11.8 Å². The molecule has 6 heteroatoms. The Labute approximate surface area is 175 Å². The fraction of sp³-hybridized carbons (Fsp3) is 0.650. The number of para-hydroxylation sites is 1. The maximum Gasteiger partial charge on any atom is 0.191 e. The van der Waals surface area contributed by atoms with Gasteiger partial charge in [-0.05, 0) is 57.2 Å². The molecule has 0 bridgehead atoms. The van der Waals surface area contributed by atoms with Crippen molar-refractivity contribution in [2.45, 2.75) is 32.2 Å². The molecule has 1 aromatic carbocycles. The Morgan fingerprint density at radius 3 is 2.73 bits per heavy atom. The van der Waals surface area contributed by atoms with Gasteiger partial charge >= 0.3 is 0 Å². The highest BCUT2D eigenvalue weighted by atomic mass is 127. The van der Waals surface area contributed by atoms with Gasteiger partial charge in [0.1, 0.15) is 5.75 Å². The first kappa shape index (κ1) is 21.3. The molecule has 2 N–H and O–H groups in total. The molecule has 0 amide bonds. The van der Waals surface area contributed by atoms with Crippen LogP contribution in [0.15, 0.2) is 29.3 Å². The Bertz CT molecular complexity index is 577. The highest BCUT2D eigenvalue weighted by molar-refractivity contribution is 14.0. The van der Waals surface area contributed by atoms with E-state index >= 15 is 0 Å². The fourth-order valence-corrected chi connectivity index (χ4v) is 3.36. The Morgan fingerprint density at radius 2 is 2.00 bits per heavy atom. The molecule has 1 heterocycles. The van der Waals surface area contributed by atoms with E-state index in [4.69, 9.17) is 4.74 Å². The number of likely N-dealkylation sites (tertiary alicyclic amines) is 1. The van der Waals surface area contributed by atoms with E-state index in [1.165, 1.54) is 44.3 Å². The minimum absolute atomic E-state index is 0. The van der Waals surface area contributed by atoms with Crippen LogP contribution in [0.4, 0.5) is 0 Å². The van der Waals surface area contributed by atoms with Crippen LogP contribution in [0.5, 0.6) is 5.75 Å². The van der Waals surface area contributed by atoms with Crippen molar-refractivity contribution >= 4 is 29.9 Å². The Balaban J connectivity index is 0.00000243. The number of halogens is 1. The van der Waals surface area contributed by atoms with Gasteiger partial charge in [0, 0.05) is 32.2 Å². The van der Waals surface area contributed by atoms with Gasteiger partial charge in [-0.2, -0.15) is 0 Å². The molecule has 5 nitrogen and oxygen atoms in total. The molecular formula is C20H33IN4O. The summed E-state index contributed by atoms with van der Waals surface area (Å²) in [6.45, 7) is 4.94. The number of guanidine groups is 1. The molecule has 2 aliphatic rings. The first-order valence-corrected chi connectivity index (χ1v) is 9.58. The molecule has 1 saturated heterocycles. The summed E-state index contributed by atoms with van der Waals surface area (Å²) in [5.74, 6) is 3.33. The van der Waals surface area contributed by atoms with Crippen LogP contribution < -0.4 is 15.4 Å². The lowest BCUT2D eigenvalue weighted by atomic mass is 9.99. The largest absolute Gasteiger partial charge is 0.493 e. The smallest absolute Gasteiger partial charge is 0.191 e. The predicted molar refractivity (Wildman–Crippen MR) is 118 cm³/mol. The standard InChI is InChI=1S/C20H32N4O.HI/c1-21-20(22-12-17-6-5-11-24(2)14-17)23-13-18-7-3-4-8-19(18)25-15-16-9-10-16;/h3-4,7-8,16-17H,5-6,9-15H2,1-2H3,(H2,21,22,23);1H. The van der Waals surface area contributed by atoms with Gasteiger partial charge in [-0.3, -0.25) is 4.99 Å². The highest BCUT2D eigenvalue weighted by Crippen LogP contribution is 2.30. The molecule has 1 saturated carbocycles. The third-order valence-electron chi connectivity index (χ3n) is 5.09. The Morgan fingerprint density at radius 1 is 1.19 bits per heavy atom. The van der Waals surface area contributed by atoms with Crippen LogP contribution in [-0.4, -0.2) is 51.2 Å². The molecule has 1 aliphatic heterocycles. The third kappa shape index (κ3) is 6.95. The van der Waals surface area contributed by atoms with E-state index in [0.29, 0.717) is 5.92 Å². The number of nitrogens with one attached hydrogen (secondary N) is 2. The van der Waals surface area contributed by atoms with Gasteiger partial charge in [0.05, 0.1) is 6.61 Å². The van der Waals surface area contributed by atoms with Gasteiger partial charge in [-0.1, -0.05) is 18.2 Å². The number of rotatable bonds is 7. The summed E-state index contributed by atoms with van der Waals surface area (Å²) >= 11 is 0. The molecule has 0 aromatic heterocycles. The first-order valence-electron chi connectivity index (χ1n) is 9.58. The molecular weight excluding hydrogens is 439 g/mol. The zero-order valence-corrected chi connectivity index (χ0v) is 18.4. The Hall–Kier alpha value is -1.02. The second kappa shape index (κ2) is 11.0. The molecule has 1 aliphatic carbocycles. The van der Waals surface area contributed by atoms with Crippen molar-refractivity contribution in [1.82, 2.24) is 15.5 Å². The van der Waals surface area contributed by atoms with Crippen molar-refractivity contribution in [3.8, 4) is 5.75 Å². The fourth-order valence-electron chi connectivity index (χ4n) is 3.36. The van der Waals surface area contributed by atoms with E-state index in [9.17, 15) is 0 Å². The quantitative estimate of drug-likeness (QED) is 0.364. The Kier molecular flexibility index (Phi) is 8.98. The summed E-state index contributed by atoms with van der Waals surface area (Å²) in [5.41, 5.74) is 1.18. The van der Waals surface area contributed by atoms with Gasteiger partial charge in [-0.25, -0.2) is 0 Å². The van der Waals surface area contributed by atoms with Gasteiger partial charge in [-0.15, -0.1) is 24.0 Å². The van der Waals surface area contributed by atoms with Crippen molar-refractivity contribution in [3.63, 3.8) is 0 Å². The average Bonchev–Trinajstić information content (AvgIpc) is 3.45. The molecule has 0 radical (unpaired) electrons. The maximum absolute atomic E-state index is 5.99. The molecule has 26 heavy (non-hydrogen) atoms. The van der Waals surface area contributed by atoms with Gasteiger partial charge in [0.25, 0.3) is 0 Å². The molecule has 0 spiro atoms. The number of aliphatic imine (C=N–C) groups is 1. The second-order valence-corrected chi connectivity index (χ2v) is 7.44. The van der Waals surface area contributed by atoms with E-state index in [1.807, 2.05) is 13.1 Å². The van der Waals surface area contributed by atoms with Crippen LogP contribution in [-0.2, 0) is 6.54 Å². The van der Waals surface area contributed by atoms with Gasteiger partial charge in [0.2, 0.25) is 0 Å². The van der Waals surface area contributed by atoms with Crippen LogP contribution in [0.1, 0.15) is 31.2 Å². The minimum atomic E-state index is 0. The minimum Gasteiger partial charge on any atom is -0.493 e. The molecule has 1 aromatic rings. The predicted octanol–water partition coefficient (Wildman–Crippen LogP) is 3.10. The molecule has 3 rings (SSSR count). The number of hydrogen-bond donors (Lipinski definition) is 2. The molecule has 146 valence electrons. The van der Waals surface area contributed by atoms with Crippen LogP contribution in [0.2, 0.25) is 0 Å². The summed E-state index contributed by atoms with van der Waals surface area (Å²) < 4.78 is 5.99. The summed E-state index contributed by atoms with van der Waals surface area (Å²) in [7, 11) is 4.04. The molecule has 1 atom stereocenters. The lowest BCUT2D eigenvalue weighted by molar-refractivity contribution is 0.210. The van der Waals surface area contributed by atoms with Crippen molar-refractivity contribution in [1.29, 1.82) is 0 Å². The van der Waals surface area contributed by atoms with E-state index in [2.05, 4.69) is 45.8 Å². The summed E-state index contributed by atoms with van der Waals surface area (Å²) in [6, 6.07) is 8.29. The normalized spacial score (nSPS) is 21.0. The van der Waals surface area contributed by atoms with Crippen molar-refractivity contribution in [2.75, 3.05) is 40.3 Å². The average molecular weight is 472 g/mol. The number of piperidine rings is 1.